The predicted octanol–water partition coefficient (Wildman–Crippen LogP) is 0.939. The summed E-state index contributed by atoms with van der Waals surface area (Å²) in [7, 11) is 1.82. The van der Waals surface area contributed by atoms with Crippen molar-refractivity contribution in [3.05, 3.63) is 17.5 Å². The van der Waals surface area contributed by atoms with Crippen LogP contribution in [0, 0.1) is 0 Å². The standard InChI is InChI=1S/C8H10N2O/c1-10-8-6(5-9-10)3-2-4-7(8)11/h5H,2-4H2,1H3. The number of ketones is 1. The quantitative estimate of drug-likeness (QED) is 0.551. The molecule has 0 unspecified atom stereocenters. The van der Waals surface area contributed by atoms with Gasteiger partial charge in [-0.2, -0.15) is 5.10 Å². The van der Waals surface area contributed by atoms with E-state index in [0.717, 1.165) is 24.1 Å². The number of hydrogen-bond acceptors (Lipinski definition) is 2. The van der Waals surface area contributed by atoms with Crippen molar-refractivity contribution in [3.8, 4) is 0 Å². The molecule has 1 heterocycles. The number of aryl methyl sites for hydroxylation is 2. The van der Waals surface area contributed by atoms with Crippen LogP contribution < -0.4 is 0 Å². The molecule has 0 aromatic carbocycles. The molecule has 0 radical (unpaired) electrons. The summed E-state index contributed by atoms with van der Waals surface area (Å²) in [5.41, 5.74) is 1.93. The summed E-state index contributed by atoms with van der Waals surface area (Å²) in [6, 6.07) is 0. The van der Waals surface area contributed by atoms with Crippen LogP contribution in [0.15, 0.2) is 6.20 Å². The molecule has 1 aromatic heterocycles. The minimum atomic E-state index is 0.242. The Hall–Kier alpha value is -1.12. The number of carbonyl (C=O) groups is 1. The van der Waals surface area contributed by atoms with Gasteiger partial charge in [0.05, 0.1) is 6.20 Å². The Labute approximate surface area is 65.0 Å². The molecule has 1 aliphatic carbocycles. The molecule has 0 saturated heterocycles. The summed E-state index contributed by atoms with van der Waals surface area (Å²) in [5, 5.41) is 4.04. The molecule has 0 atom stereocenters. The lowest BCUT2D eigenvalue weighted by molar-refractivity contribution is 0.0963. The van der Waals surface area contributed by atoms with E-state index in [1.807, 2.05) is 7.05 Å². The molecule has 11 heavy (non-hydrogen) atoms. The highest BCUT2D eigenvalue weighted by molar-refractivity contribution is 5.96. The Morgan fingerprint density at radius 1 is 1.55 bits per heavy atom. The van der Waals surface area contributed by atoms with Crippen molar-refractivity contribution in [2.75, 3.05) is 0 Å². The normalized spacial score (nSPS) is 16.6. The van der Waals surface area contributed by atoms with Crippen LogP contribution in [0.1, 0.15) is 28.9 Å². The van der Waals surface area contributed by atoms with Gasteiger partial charge in [-0.15, -0.1) is 0 Å². The number of nitrogens with zero attached hydrogens (tertiary/aromatic N) is 2. The largest absolute Gasteiger partial charge is 0.292 e. The summed E-state index contributed by atoms with van der Waals surface area (Å²) in [6.45, 7) is 0. The molecule has 0 aliphatic heterocycles. The first-order chi connectivity index (χ1) is 5.29. The van der Waals surface area contributed by atoms with Gasteiger partial charge in [-0.05, 0) is 12.8 Å². The Kier molecular flexibility index (Phi) is 1.31. The van der Waals surface area contributed by atoms with Gasteiger partial charge in [-0.25, -0.2) is 0 Å². The van der Waals surface area contributed by atoms with Crippen molar-refractivity contribution in [2.24, 2.45) is 7.05 Å². The fraction of sp³-hybridized carbons (Fsp3) is 0.500. The molecule has 3 nitrogen and oxygen atoms in total. The van der Waals surface area contributed by atoms with Crippen LogP contribution in [0.4, 0.5) is 0 Å². The molecular formula is C8H10N2O. The van der Waals surface area contributed by atoms with Crippen molar-refractivity contribution in [2.45, 2.75) is 19.3 Å². The fourth-order valence-electron chi connectivity index (χ4n) is 1.58. The Morgan fingerprint density at radius 3 is 3.09 bits per heavy atom. The molecule has 2 rings (SSSR count). The topological polar surface area (TPSA) is 34.9 Å². The first-order valence-electron chi connectivity index (χ1n) is 3.83. The monoisotopic (exact) mass is 150 g/mol. The van der Waals surface area contributed by atoms with Crippen LogP contribution in [0.2, 0.25) is 0 Å². The van der Waals surface area contributed by atoms with Crippen LogP contribution in [-0.2, 0) is 13.5 Å². The molecule has 58 valence electrons. The first-order valence-corrected chi connectivity index (χ1v) is 3.83. The number of hydrogen-bond donors (Lipinski definition) is 0. The highest BCUT2D eigenvalue weighted by Gasteiger charge is 2.20. The summed E-state index contributed by atoms with van der Waals surface area (Å²) in [5.74, 6) is 0.242. The minimum Gasteiger partial charge on any atom is -0.292 e. The average molecular weight is 150 g/mol. The second kappa shape index (κ2) is 2.19. The fourth-order valence-corrected chi connectivity index (χ4v) is 1.58. The number of rotatable bonds is 0. The van der Waals surface area contributed by atoms with Gasteiger partial charge in [0.2, 0.25) is 0 Å². The summed E-state index contributed by atoms with van der Waals surface area (Å²) >= 11 is 0. The van der Waals surface area contributed by atoms with Gasteiger partial charge in [0.15, 0.2) is 5.78 Å². The van der Waals surface area contributed by atoms with E-state index in [1.54, 1.807) is 10.9 Å². The molecule has 0 spiro atoms. The van der Waals surface area contributed by atoms with Crippen molar-refractivity contribution in [3.63, 3.8) is 0 Å². The second-order valence-electron chi connectivity index (χ2n) is 2.92. The van der Waals surface area contributed by atoms with Crippen LogP contribution in [-0.4, -0.2) is 15.6 Å². The van der Waals surface area contributed by atoms with Crippen molar-refractivity contribution >= 4 is 5.78 Å². The number of fused-ring (bicyclic) bond motifs is 1. The zero-order valence-electron chi connectivity index (χ0n) is 6.50. The van der Waals surface area contributed by atoms with Crippen molar-refractivity contribution in [1.29, 1.82) is 0 Å². The highest BCUT2D eigenvalue weighted by atomic mass is 16.1. The smallest absolute Gasteiger partial charge is 0.181 e. The third-order valence-electron chi connectivity index (χ3n) is 2.13. The average Bonchev–Trinajstić information content (AvgIpc) is 2.34. The molecule has 1 aliphatic rings. The Balaban J connectivity index is 2.56. The van der Waals surface area contributed by atoms with Gasteiger partial charge in [0.1, 0.15) is 5.69 Å². The zero-order chi connectivity index (χ0) is 7.84. The van der Waals surface area contributed by atoms with Crippen LogP contribution in [0.3, 0.4) is 0 Å². The summed E-state index contributed by atoms with van der Waals surface area (Å²) in [6.07, 6.45) is 4.48. The first kappa shape index (κ1) is 6.58. The van der Waals surface area contributed by atoms with Gasteiger partial charge >= 0.3 is 0 Å². The Morgan fingerprint density at radius 2 is 2.36 bits per heavy atom. The zero-order valence-corrected chi connectivity index (χ0v) is 6.50. The van der Waals surface area contributed by atoms with E-state index in [9.17, 15) is 4.79 Å². The van der Waals surface area contributed by atoms with E-state index < -0.39 is 0 Å². The lowest BCUT2D eigenvalue weighted by Crippen LogP contribution is -2.13. The second-order valence-corrected chi connectivity index (χ2v) is 2.92. The van der Waals surface area contributed by atoms with Gasteiger partial charge in [-0.1, -0.05) is 0 Å². The lowest BCUT2D eigenvalue weighted by atomic mass is 9.97. The lowest BCUT2D eigenvalue weighted by Gasteiger charge is -2.09. The van der Waals surface area contributed by atoms with Crippen LogP contribution in [0.25, 0.3) is 0 Å². The maximum Gasteiger partial charge on any atom is 0.181 e. The van der Waals surface area contributed by atoms with E-state index in [0.29, 0.717) is 6.42 Å². The maximum atomic E-state index is 11.3. The maximum absolute atomic E-state index is 11.3. The third-order valence-corrected chi connectivity index (χ3v) is 2.13. The molecule has 0 saturated carbocycles. The van der Waals surface area contributed by atoms with E-state index >= 15 is 0 Å². The van der Waals surface area contributed by atoms with Crippen LogP contribution in [0.5, 0.6) is 0 Å². The molecule has 0 fully saturated rings. The van der Waals surface area contributed by atoms with E-state index in [2.05, 4.69) is 5.10 Å². The number of carbonyl (C=O) groups excluding carboxylic acids is 1. The molecule has 0 amide bonds. The Bertz CT molecular complexity index is 301. The van der Waals surface area contributed by atoms with Gasteiger partial charge < -0.3 is 0 Å². The predicted molar refractivity (Wildman–Crippen MR) is 40.5 cm³/mol. The van der Waals surface area contributed by atoms with E-state index in [4.69, 9.17) is 0 Å². The molecule has 0 bridgehead atoms. The number of aromatic nitrogens is 2. The highest BCUT2D eigenvalue weighted by Crippen LogP contribution is 2.19. The van der Waals surface area contributed by atoms with Gasteiger partial charge in [0.25, 0.3) is 0 Å². The molecule has 0 N–H and O–H groups in total. The number of Topliss-reactive ketones (excluding diaryl/α,β-unsaturated/α-hetero) is 1. The third kappa shape index (κ3) is 0.878. The van der Waals surface area contributed by atoms with E-state index in [1.165, 1.54) is 0 Å². The van der Waals surface area contributed by atoms with Crippen molar-refractivity contribution < 1.29 is 4.79 Å². The summed E-state index contributed by atoms with van der Waals surface area (Å²) < 4.78 is 1.68. The minimum absolute atomic E-state index is 0.242. The van der Waals surface area contributed by atoms with Gasteiger partial charge in [0, 0.05) is 19.0 Å². The van der Waals surface area contributed by atoms with Crippen LogP contribution >= 0.6 is 0 Å². The van der Waals surface area contributed by atoms with Gasteiger partial charge in [-0.3, -0.25) is 9.48 Å². The molecule has 1 aromatic rings. The molecule has 3 heteroatoms. The van der Waals surface area contributed by atoms with E-state index in [-0.39, 0.29) is 5.78 Å². The molecular weight excluding hydrogens is 140 g/mol. The van der Waals surface area contributed by atoms with Crippen molar-refractivity contribution in [1.82, 2.24) is 9.78 Å². The summed E-state index contributed by atoms with van der Waals surface area (Å²) in [4.78, 5) is 11.3. The SMILES string of the molecule is Cn1ncc2c1C(=O)CCC2.